The van der Waals surface area contributed by atoms with Crippen LogP contribution in [0.1, 0.15) is 31.6 Å². The number of rotatable bonds is 7. The Morgan fingerprint density at radius 1 is 1.39 bits per heavy atom. The first-order valence-corrected chi connectivity index (χ1v) is 8.28. The second kappa shape index (κ2) is 7.27. The predicted molar refractivity (Wildman–Crippen MR) is 82.5 cm³/mol. The fraction of sp³-hybridized carbons (Fsp3) is 0.800. The summed E-state index contributed by atoms with van der Waals surface area (Å²) in [5, 5.41) is 13.5. The summed E-state index contributed by atoms with van der Waals surface area (Å²) in [6.45, 7) is 6.38. The maximum Gasteiger partial charge on any atom is 0.309 e. The summed E-state index contributed by atoms with van der Waals surface area (Å²) in [4.78, 5) is 20.0. The van der Waals surface area contributed by atoms with Crippen LogP contribution in [0.4, 0.5) is 5.95 Å². The summed E-state index contributed by atoms with van der Waals surface area (Å²) in [6, 6.07) is 0. The fourth-order valence-electron chi connectivity index (χ4n) is 2.81. The molecule has 1 aromatic heterocycles. The molecule has 2 heterocycles. The highest BCUT2D eigenvalue weighted by molar-refractivity contribution is 5.71. The van der Waals surface area contributed by atoms with Gasteiger partial charge in [0.05, 0.1) is 12.5 Å². The maximum absolute atomic E-state index is 11.5. The van der Waals surface area contributed by atoms with Crippen molar-refractivity contribution in [2.75, 3.05) is 50.8 Å². The van der Waals surface area contributed by atoms with Gasteiger partial charge in [0.2, 0.25) is 5.89 Å². The molecule has 1 atom stereocenters. The average molecular weight is 324 g/mol. The molecule has 8 heteroatoms. The Morgan fingerprint density at radius 2 is 2.22 bits per heavy atom. The van der Waals surface area contributed by atoms with Gasteiger partial charge in [-0.15, -0.1) is 0 Å². The molecule has 2 aliphatic rings. The molecule has 0 bridgehead atoms. The van der Waals surface area contributed by atoms with Crippen molar-refractivity contribution in [1.82, 2.24) is 15.0 Å². The van der Waals surface area contributed by atoms with E-state index < -0.39 is 11.9 Å². The zero-order valence-corrected chi connectivity index (χ0v) is 13.5. The molecular weight excluding hydrogens is 300 g/mol. The molecule has 8 nitrogen and oxygen atoms in total. The Balaban J connectivity index is 1.65. The first-order chi connectivity index (χ1) is 11.2. The molecule has 1 unspecified atom stereocenters. The molecule has 0 amide bonds. The monoisotopic (exact) mass is 324 g/mol. The molecule has 3 rings (SSSR count). The molecule has 0 radical (unpaired) electrons. The molecule has 1 saturated carbocycles. The Kier molecular flexibility index (Phi) is 5.12. The smallest absolute Gasteiger partial charge is 0.309 e. The third-order valence-corrected chi connectivity index (χ3v) is 4.35. The first-order valence-electron chi connectivity index (χ1n) is 8.28. The number of carbonyl (C=O) groups is 1. The van der Waals surface area contributed by atoms with Crippen molar-refractivity contribution in [2.45, 2.75) is 25.7 Å². The highest BCUT2D eigenvalue weighted by Crippen LogP contribution is 2.39. The van der Waals surface area contributed by atoms with Crippen molar-refractivity contribution in [2.24, 2.45) is 5.92 Å². The summed E-state index contributed by atoms with van der Waals surface area (Å²) in [5.41, 5.74) is 0. The van der Waals surface area contributed by atoms with Crippen LogP contribution < -0.4 is 4.90 Å². The Labute approximate surface area is 135 Å². The number of aromatic nitrogens is 2. The number of anilines is 1. The van der Waals surface area contributed by atoms with Crippen molar-refractivity contribution < 1.29 is 19.2 Å². The minimum atomic E-state index is -0.788. The van der Waals surface area contributed by atoms with Gasteiger partial charge in [0.15, 0.2) is 0 Å². The number of hydrogen-bond donors (Lipinski definition) is 1. The van der Waals surface area contributed by atoms with Crippen molar-refractivity contribution in [3.8, 4) is 0 Å². The summed E-state index contributed by atoms with van der Waals surface area (Å²) < 4.78 is 10.7. The lowest BCUT2D eigenvalue weighted by Crippen LogP contribution is -2.36. The molecular formula is C15H24N4O4. The van der Waals surface area contributed by atoms with Crippen molar-refractivity contribution in [3.63, 3.8) is 0 Å². The zero-order chi connectivity index (χ0) is 16.2. The topological polar surface area (TPSA) is 91.9 Å². The third-order valence-electron chi connectivity index (χ3n) is 4.35. The number of nitrogens with zero attached hydrogens (tertiary/aromatic N) is 4. The lowest BCUT2D eigenvalue weighted by Gasteiger charge is -2.21. The summed E-state index contributed by atoms with van der Waals surface area (Å²) >= 11 is 0. The molecule has 2 fully saturated rings. The van der Waals surface area contributed by atoms with Gasteiger partial charge in [0, 0.05) is 45.2 Å². The maximum atomic E-state index is 11.5. The number of carboxylic acid groups (broad SMARTS) is 1. The van der Waals surface area contributed by atoms with E-state index in [9.17, 15) is 9.90 Å². The Bertz CT molecular complexity index is 531. The highest BCUT2D eigenvalue weighted by atomic mass is 16.5. The molecule has 0 aromatic carbocycles. The SMILES string of the molecule is CCOCCN1CCN(c2noc(C3CC3)n2)CC(C(=O)O)C1. The van der Waals surface area contributed by atoms with E-state index in [1.54, 1.807) is 0 Å². The molecule has 23 heavy (non-hydrogen) atoms. The van der Waals surface area contributed by atoms with Crippen molar-refractivity contribution in [1.29, 1.82) is 0 Å². The molecule has 128 valence electrons. The lowest BCUT2D eigenvalue weighted by molar-refractivity contribution is -0.141. The van der Waals surface area contributed by atoms with Crippen LogP contribution in [0.5, 0.6) is 0 Å². The minimum absolute atomic E-state index is 0.404. The molecule has 1 aromatic rings. The average Bonchev–Trinajstić information content (AvgIpc) is 3.31. The van der Waals surface area contributed by atoms with Crippen LogP contribution in [0.25, 0.3) is 0 Å². The lowest BCUT2D eigenvalue weighted by atomic mass is 10.1. The van der Waals surface area contributed by atoms with E-state index in [4.69, 9.17) is 9.26 Å². The van der Waals surface area contributed by atoms with Gasteiger partial charge in [0.1, 0.15) is 0 Å². The molecule has 0 spiro atoms. The van der Waals surface area contributed by atoms with Crippen LogP contribution in [0.2, 0.25) is 0 Å². The van der Waals surface area contributed by atoms with Gasteiger partial charge >= 0.3 is 5.97 Å². The van der Waals surface area contributed by atoms with E-state index in [0.29, 0.717) is 50.6 Å². The third kappa shape index (κ3) is 4.20. The summed E-state index contributed by atoms with van der Waals surface area (Å²) in [7, 11) is 0. The van der Waals surface area contributed by atoms with E-state index >= 15 is 0 Å². The normalized spacial score (nSPS) is 23.0. The fourth-order valence-corrected chi connectivity index (χ4v) is 2.81. The minimum Gasteiger partial charge on any atom is -0.481 e. The van der Waals surface area contributed by atoms with Crippen LogP contribution in [0, 0.1) is 5.92 Å². The number of ether oxygens (including phenoxy) is 1. The van der Waals surface area contributed by atoms with E-state index in [0.717, 1.165) is 25.9 Å². The van der Waals surface area contributed by atoms with E-state index in [1.807, 2.05) is 11.8 Å². The van der Waals surface area contributed by atoms with Crippen LogP contribution in [-0.2, 0) is 9.53 Å². The first kappa shape index (κ1) is 16.2. The van der Waals surface area contributed by atoms with Gasteiger partial charge in [-0.05, 0) is 24.9 Å². The molecule has 1 aliphatic carbocycles. The number of aliphatic carboxylic acids is 1. The van der Waals surface area contributed by atoms with Gasteiger partial charge in [0.25, 0.3) is 5.95 Å². The largest absolute Gasteiger partial charge is 0.481 e. The van der Waals surface area contributed by atoms with Crippen molar-refractivity contribution in [3.05, 3.63) is 5.89 Å². The Morgan fingerprint density at radius 3 is 2.91 bits per heavy atom. The second-order valence-corrected chi connectivity index (χ2v) is 6.19. The van der Waals surface area contributed by atoms with Gasteiger partial charge in [-0.3, -0.25) is 9.69 Å². The number of carboxylic acids is 1. The number of hydrogen-bond acceptors (Lipinski definition) is 7. The highest BCUT2D eigenvalue weighted by Gasteiger charge is 2.33. The van der Waals surface area contributed by atoms with Crippen LogP contribution in [0.15, 0.2) is 4.52 Å². The predicted octanol–water partition coefficient (Wildman–Crippen LogP) is 0.806. The Hall–Kier alpha value is -1.67. The van der Waals surface area contributed by atoms with Gasteiger partial charge in [-0.25, -0.2) is 0 Å². The van der Waals surface area contributed by atoms with Crippen LogP contribution in [0.3, 0.4) is 0 Å². The van der Waals surface area contributed by atoms with E-state index in [2.05, 4.69) is 15.0 Å². The summed E-state index contributed by atoms with van der Waals surface area (Å²) in [5.74, 6) is 0.349. The molecule has 1 saturated heterocycles. The second-order valence-electron chi connectivity index (χ2n) is 6.19. The summed E-state index contributed by atoms with van der Waals surface area (Å²) in [6.07, 6.45) is 2.20. The van der Waals surface area contributed by atoms with Gasteiger partial charge in [-0.2, -0.15) is 4.98 Å². The van der Waals surface area contributed by atoms with Gasteiger partial charge < -0.3 is 19.3 Å². The molecule has 1 N–H and O–H groups in total. The molecule has 1 aliphatic heterocycles. The van der Waals surface area contributed by atoms with Crippen molar-refractivity contribution >= 4 is 11.9 Å². The van der Waals surface area contributed by atoms with E-state index in [1.165, 1.54) is 0 Å². The van der Waals surface area contributed by atoms with E-state index in [-0.39, 0.29) is 0 Å². The van der Waals surface area contributed by atoms with Gasteiger partial charge in [-0.1, -0.05) is 0 Å². The van der Waals surface area contributed by atoms with Crippen LogP contribution >= 0.6 is 0 Å². The zero-order valence-electron chi connectivity index (χ0n) is 13.5. The standard InChI is InChI=1S/C15H24N4O4/c1-2-22-8-7-18-5-6-19(10-12(9-18)14(20)21)15-16-13(23-17-15)11-3-4-11/h11-12H,2-10H2,1H3,(H,20,21). The van der Waals surface area contributed by atoms with Crippen LogP contribution in [-0.4, -0.2) is 72.1 Å². The quantitative estimate of drug-likeness (QED) is 0.737.